The summed E-state index contributed by atoms with van der Waals surface area (Å²) in [4.78, 5) is 40.1. The lowest BCUT2D eigenvalue weighted by molar-refractivity contribution is -0.132. The molecule has 1 fully saturated rings. The van der Waals surface area contributed by atoms with Gasteiger partial charge in [-0.1, -0.05) is 17.7 Å². The first kappa shape index (κ1) is 25.4. The average Bonchev–Trinajstić information content (AvgIpc) is 2.80. The van der Waals surface area contributed by atoms with E-state index in [1.165, 1.54) is 30.0 Å². The van der Waals surface area contributed by atoms with Crippen LogP contribution >= 0.6 is 28.1 Å². The summed E-state index contributed by atoms with van der Waals surface area (Å²) in [5, 5.41) is 2.91. The minimum Gasteiger partial charge on any atom is -0.490 e. The van der Waals surface area contributed by atoms with Gasteiger partial charge in [0.15, 0.2) is 23.2 Å². The van der Waals surface area contributed by atoms with Gasteiger partial charge in [0.2, 0.25) is 0 Å². The second-order valence-electron chi connectivity index (χ2n) is 7.53. The van der Waals surface area contributed by atoms with Crippen LogP contribution in [0.15, 0.2) is 46.4 Å². The lowest BCUT2D eigenvalue weighted by atomic mass is 10.1. The SMILES string of the molecule is CCOc1cc(C=C2C(=O)N(C)C(=S)N(C)C2=O)cc(Br)c1OCC(=O)Nc1ccc(C)cc1. The van der Waals surface area contributed by atoms with Gasteiger partial charge < -0.3 is 14.8 Å². The van der Waals surface area contributed by atoms with E-state index in [0.29, 0.717) is 33.8 Å². The van der Waals surface area contributed by atoms with Gasteiger partial charge in [-0.15, -0.1) is 0 Å². The predicted molar refractivity (Wildman–Crippen MR) is 137 cm³/mol. The number of likely N-dealkylation sites (N-methyl/N-ethyl adjacent to an activating group) is 2. The van der Waals surface area contributed by atoms with Crippen LogP contribution < -0.4 is 14.8 Å². The van der Waals surface area contributed by atoms with Gasteiger partial charge in [0, 0.05) is 19.8 Å². The monoisotopic (exact) mass is 545 g/mol. The Bertz CT molecular complexity index is 1150. The molecule has 0 unspecified atom stereocenters. The van der Waals surface area contributed by atoms with Crippen LogP contribution in [0.1, 0.15) is 18.1 Å². The van der Waals surface area contributed by atoms with E-state index in [1.807, 2.05) is 38.1 Å². The molecule has 8 nitrogen and oxygen atoms in total. The fourth-order valence-corrected chi connectivity index (χ4v) is 3.93. The van der Waals surface area contributed by atoms with Crippen molar-refractivity contribution >= 4 is 62.7 Å². The maximum absolute atomic E-state index is 12.6. The molecule has 10 heteroatoms. The maximum Gasteiger partial charge on any atom is 0.265 e. The van der Waals surface area contributed by atoms with Crippen molar-refractivity contribution in [1.29, 1.82) is 0 Å². The highest BCUT2D eigenvalue weighted by atomic mass is 79.9. The molecule has 2 aromatic rings. The molecule has 0 spiro atoms. The van der Waals surface area contributed by atoms with Gasteiger partial charge in [-0.2, -0.15) is 0 Å². The van der Waals surface area contributed by atoms with Crippen molar-refractivity contribution in [2.75, 3.05) is 32.6 Å². The number of halogens is 1. The molecule has 0 radical (unpaired) electrons. The van der Waals surface area contributed by atoms with Crippen molar-refractivity contribution in [2.45, 2.75) is 13.8 Å². The summed E-state index contributed by atoms with van der Waals surface area (Å²) < 4.78 is 11.9. The zero-order valence-corrected chi connectivity index (χ0v) is 21.6. The molecule has 1 saturated heterocycles. The number of benzene rings is 2. The van der Waals surface area contributed by atoms with Crippen LogP contribution in [0.3, 0.4) is 0 Å². The highest BCUT2D eigenvalue weighted by Crippen LogP contribution is 2.38. The second kappa shape index (κ2) is 10.8. The topological polar surface area (TPSA) is 88.2 Å². The van der Waals surface area contributed by atoms with E-state index in [4.69, 9.17) is 21.7 Å². The summed E-state index contributed by atoms with van der Waals surface area (Å²) >= 11 is 8.56. The van der Waals surface area contributed by atoms with Crippen molar-refractivity contribution in [3.8, 4) is 11.5 Å². The van der Waals surface area contributed by atoms with E-state index < -0.39 is 11.8 Å². The number of aryl methyl sites for hydroxylation is 1. The van der Waals surface area contributed by atoms with Crippen molar-refractivity contribution in [3.63, 3.8) is 0 Å². The summed E-state index contributed by atoms with van der Waals surface area (Å²) in [5.41, 5.74) is 2.27. The number of hydrogen-bond acceptors (Lipinski definition) is 6. The van der Waals surface area contributed by atoms with Crippen LogP contribution in [0.25, 0.3) is 6.08 Å². The highest BCUT2D eigenvalue weighted by molar-refractivity contribution is 9.10. The summed E-state index contributed by atoms with van der Waals surface area (Å²) in [6, 6.07) is 10.7. The molecule has 0 aliphatic carbocycles. The van der Waals surface area contributed by atoms with Crippen LogP contribution in [0, 0.1) is 6.92 Å². The molecule has 0 bridgehead atoms. The zero-order valence-electron chi connectivity index (χ0n) is 19.2. The Morgan fingerprint density at radius 1 is 1.09 bits per heavy atom. The van der Waals surface area contributed by atoms with Gasteiger partial charge >= 0.3 is 0 Å². The molecule has 1 heterocycles. The van der Waals surface area contributed by atoms with Crippen LogP contribution in [0.4, 0.5) is 5.69 Å². The minimum atomic E-state index is -0.490. The van der Waals surface area contributed by atoms with E-state index in [0.717, 1.165) is 5.56 Å². The quantitative estimate of drug-likeness (QED) is 0.323. The Morgan fingerprint density at radius 3 is 2.29 bits per heavy atom. The van der Waals surface area contributed by atoms with Crippen LogP contribution in [0.5, 0.6) is 11.5 Å². The van der Waals surface area contributed by atoms with Crippen molar-refractivity contribution in [2.24, 2.45) is 0 Å². The molecular weight excluding hydrogens is 522 g/mol. The number of thiocarbonyl (C=S) groups is 1. The van der Waals surface area contributed by atoms with Crippen LogP contribution in [0.2, 0.25) is 0 Å². The number of carbonyl (C=O) groups excluding carboxylic acids is 3. The number of ether oxygens (including phenoxy) is 2. The van der Waals surface area contributed by atoms with Gasteiger partial charge in [-0.25, -0.2) is 0 Å². The number of rotatable bonds is 7. The molecule has 3 rings (SSSR count). The molecule has 0 saturated carbocycles. The van der Waals surface area contributed by atoms with Gasteiger partial charge in [0.1, 0.15) is 5.57 Å². The van der Waals surface area contributed by atoms with Gasteiger partial charge in [0.25, 0.3) is 17.7 Å². The second-order valence-corrected chi connectivity index (χ2v) is 8.75. The number of carbonyl (C=O) groups is 3. The number of nitrogens with one attached hydrogen (secondary N) is 1. The van der Waals surface area contributed by atoms with E-state index >= 15 is 0 Å². The summed E-state index contributed by atoms with van der Waals surface area (Å²) in [7, 11) is 3.03. The number of amides is 3. The number of nitrogens with zero attached hydrogens (tertiary/aromatic N) is 2. The molecule has 0 aromatic heterocycles. The summed E-state index contributed by atoms with van der Waals surface area (Å²) in [6.45, 7) is 3.88. The van der Waals surface area contributed by atoms with Crippen molar-refractivity contribution in [3.05, 3.63) is 57.6 Å². The van der Waals surface area contributed by atoms with Crippen molar-refractivity contribution < 1.29 is 23.9 Å². The molecule has 0 atom stereocenters. The third kappa shape index (κ3) is 5.63. The standard InChI is InChI=1S/C24H24BrN3O5S/c1-5-32-19-12-15(10-17-22(30)27(3)24(34)28(4)23(17)31)11-18(25)21(19)33-13-20(29)26-16-8-6-14(2)7-9-16/h6-12H,5,13H2,1-4H3,(H,26,29). The normalized spacial score (nSPS) is 13.8. The first-order valence-corrected chi connectivity index (χ1v) is 11.6. The largest absolute Gasteiger partial charge is 0.490 e. The molecular formula is C24H24BrN3O5S. The Morgan fingerprint density at radius 2 is 1.71 bits per heavy atom. The van der Waals surface area contributed by atoms with Crippen LogP contribution in [-0.4, -0.2) is 59.9 Å². The van der Waals surface area contributed by atoms with E-state index in [9.17, 15) is 14.4 Å². The first-order chi connectivity index (χ1) is 16.1. The Balaban J connectivity index is 1.82. The lowest BCUT2D eigenvalue weighted by Gasteiger charge is -2.31. The predicted octanol–water partition coefficient (Wildman–Crippen LogP) is 3.77. The fourth-order valence-electron chi connectivity index (χ4n) is 3.19. The smallest absolute Gasteiger partial charge is 0.265 e. The molecule has 1 aliphatic rings. The molecule has 3 amide bonds. The third-order valence-electron chi connectivity index (χ3n) is 4.97. The Hall–Kier alpha value is -3.24. The minimum absolute atomic E-state index is 0.0286. The van der Waals surface area contributed by atoms with Crippen molar-refractivity contribution in [1.82, 2.24) is 9.80 Å². The summed E-state index contributed by atoms with van der Waals surface area (Å²) in [6.07, 6.45) is 1.47. The zero-order chi connectivity index (χ0) is 25.0. The van der Waals surface area contributed by atoms with Gasteiger partial charge in [-0.3, -0.25) is 24.2 Å². The first-order valence-electron chi connectivity index (χ1n) is 10.4. The highest BCUT2D eigenvalue weighted by Gasteiger charge is 2.35. The van der Waals surface area contributed by atoms with Gasteiger partial charge in [-0.05, 0) is 77.9 Å². The Kier molecular flexibility index (Phi) is 8.06. The number of anilines is 1. The molecule has 1 N–H and O–H groups in total. The lowest BCUT2D eigenvalue weighted by Crippen LogP contribution is -2.52. The van der Waals surface area contributed by atoms with Crippen LogP contribution in [-0.2, 0) is 14.4 Å². The average molecular weight is 546 g/mol. The molecule has 1 aliphatic heterocycles. The molecule has 178 valence electrons. The number of hydrogen-bond donors (Lipinski definition) is 1. The van der Waals surface area contributed by atoms with E-state index in [-0.39, 0.29) is 23.2 Å². The molecule has 34 heavy (non-hydrogen) atoms. The summed E-state index contributed by atoms with van der Waals surface area (Å²) in [5.74, 6) is -0.616. The van der Waals surface area contributed by atoms with E-state index in [1.54, 1.807) is 12.1 Å². The third-order valence-corrected chi connectivity index (χ3v) is 6.11. The fraction of sp³-hybridized carbons (Fsp3) is 0.250. The Labute approximate surface area is 211 Å². The molecule has 2 aromatic carbocycles. The van der Waals surface area contributed by atoms with Gasteiger partial charge in [0.05, 0.1) is 11.1 Å². The van der Waals surface area contributed by atoms with E-state index in [2.05, 4.69) is 21.2 Å². The maximum atomic E-state index is 12.6.